The van der Waals surface area contributed by atoms with E-state index in [1.165, 1.54) is 89.9 Å². The largest absolute Gasteiger partial charge is 0.391 e. The smallest absolute Gasteiger partial charge is 0.339 e. The Kier molecular flexibility index (Phi) is 21.2. The lowest BCUT2D eigenvalue weighted by atomic mass is 10.1. The SMILES string of the molecule is CCCCCCCC/C=C\CCCCCCCCCCCC(=O)OC(=O)CO. The number of ether oxygens (including phenoxy) is 1. The van der Waals surface area contributed by atoms with Crippen molar-refractivity contribution in [2.45, 2.75) is 122 Å². The van der Waals surface area contributed by atoms with E-state index < -0.39 is 18.5 Å². The predicted molar refractivity (Wildman–Crippen MR) is 116 cm³/mol. The molecule has 164 valence electrons. The van der Waals surface area contributed by atoms with Crippen LogP contribution in [-0.2, 0) is 14.3 Å². The molecule has 0 saturated carbocycles. The second-order valence-electron chi connectivity index (χ2n) is 7.75. The van der Waals surface area contributed by atoms with Crippen LogP contribution in [0.15, 0.2) is 12.2 Å². The van der Waals surface area contributed by atoms with E-state index in [-0.39, 0.29) is 6.42 Å². The van der Waals surface area contributed by atoms with E-state index in [0.717, 1.165) is 19.3 Å². The molecular formula is C24H44O4. The molecule has 0 atom stereocenters. The van der Waals surface area contributed by atoms with Crippen LogP contribution in [0.25, 0.3) is 0 Å². The average molecular weight is 397 g/mol. The van der Waals surface area contributed by atoms with Crippen molar-refractivity contribution in [3.05, 3.63) is 12.2 Å². The lowest BCUT2D eigenvalue weighted by Crippen LogP contribution is -2.14. The van der Waals surface area contributed by atoms with Gasteiger partial charge in [-0.05, 0) is 32.1 Å². The van der Waals surface area contributed by atoms with Gasteiger partial charge in [0.2, 0.25) is 0 Å². The summed E-state index contributed by atoms with van der Waals surface area (Å²) in [5, 5.41) is 8.49. The van der Waals surface area contributed by atoms with Crippen LogP contribution in [0, 0.1) is 0 Å². The van der Waals surface area contributed by atoms with E-state index in [9.17, 15) is 9.59 Å². The zero-order valence-corrected chi connectivity index (χ0v) is 18.3. The molecule has 0 fully saturated rings. The minimum absolute atomic E-state index is 0.262. The molecule has 1 N–H and O–H groups in total. The zero-order chi connectivity index (χ0) is 20.7. The van der Waals surface area contributed by atoms with Crippen LogP contribution in [-0.4, -0.2) is 23.7 Å². The molecular weight excluding hydrogens is 352 g/mol. The number of carbonyl (C=O) groups is 2. The summed E-state index contributed by atoms with van der Waals surface area (Å²) in [6.07, 6.45) is 26.3. The summed E-state index contributed by atoms with van der Waals surface area (Å²) in [5.74, 6) is -1.39. The Morgan fingerprint density at radius 2 is 1.07 bits per heavy atom. The molecule has 0 aliphatic carbocycles. The minimum atomic E-state index is -0.863. The quantitative estimate of drug-likeness (QED) is 0.108. The third kappa shape index (κ3) is 21.1. The zero-order valence-electron chi connectivity index (χ0n) is 18.3. The number of carbonyl (C=O) groups excluding carboxylic acids is 2. The highest BCUT2D eigenvalue weighted by molar-refractivity contribution is 5.85. The van der Waals surface area contributed by atoms with Gasteiger partial charge in [-0.25, -0.2) is 4.79 Å². The molecule has 0 aliphatic rings. The molecule has 0 saturated heterocycles. The van der Waals surface area contributed by atoms with Crippen LogP contribution >= 0.6 is 0 Å². The first-order chi connectivity index (χ1) is 13.7. The van der Waals surface area contributed by atoms with Crippen molar-refractivity contribution in [2.24, 2.45) is 0 Å². The number of allylic oxidation sites excluding steroid dienone is 2. The van der Waals surface area contributed by atoms with E-state index in [0.29, 0.717) is 0 Å². The Balaban J connectivity index is 3.18. The Labute approximate surface area is 173 Å². The van der Waals surface area contributed by atoms with E-state index >= 15 is 0 Å². The second kappa shape index (κ2) is 22.1. The van der Waals surface area contributed by atoms with Crippen molar-refractivity contribution >= 4 is 11.9 Å². The van der Waals surface area contributed by atoms with Crippen molar-refractivity contribution in [3.8, 4) is 0 Å². The van der Waals surface area contributed by atoms with Gasteiger partial charge < -0.3 is 9.84 Å². The Bertz CT molecular complexity index is 390. The summed E-state index contributed by atoms with van der Waals surface area (Å²) in [5.41, 5.74) is 0. The molecule has 0 unspecified atom stereocenters. The summed E-state index contributed by atoms with van der Waals surface area (Å²) in [6.45, 7) is 1.53. The second-order valence-corrected chi connectivity index (χ2v) is 7.75. The molecule has 0 heterocycles. The molecule has 0 aromatic rings. The van der Waals surface area contributed by atoms with Gasteiger partial charge in [0, 0.05) is 6.42 Å². The molecule has 0 aliphatic heterocycles. The summed E-state index contributed by atoms with van der Waals surface area (Å²) in [6, 6.07) is 0. The topological polar surface area (TPSA) is 63.6 Å². The lowest BCUT2D eigenvalue weighted by molar-refractivity contribution is -0.161. The average Bonchev–Trinajstić information content (AvgIpc) is 2.69. The maximum atomic E-state index is 11.2. The maximum Gasteiger partial charge on any atom is 0.339 e. The Morgan fingerprint density at radius 3 is 1.54 bits per heavy atom. The number of unbranched alkanes of at least 4 members (excludes halogenated alkanes) is 15. The van der Waals surface area contributed by atoms with Crippen molar-refractivity contribution in [1.82, 2.24) is 0 Å². The van der Waals surface area contributed by atoms with Gasteiger partial charge in [0.15, 0.2) is 0 Å². The normalized spacial score (nSPS) is 11.2. The van der Waals surface area contributed by atoms with E-state index in [2.05, 4.69) is 23.8 Å². The fourth-order valence-electron chi connectivity index (χ4n) is 3.26. The fraction of sp³-hybridized carbons (Fsp3) is 0.833. The molecule has 0 spiro atoms. The van der Waals surface area contributed by atoms with Crippen molar-refractivity contribution in [1.29, 1.82) is 0 Å². The van der Waals surface area contributed by atoms with Crippen LogP contribution < -0.4 is 0 Å². The third-order valence-electron chi connectivity index (χ3n) is 5.00. The van der Waals surface area contributed by atoms with Gasteiger partial charge in [-0.15, -0.1) is 0 Å². The standard InChI is InChI=1S/C24H44O4/c1-2-3-4-5-6-7-8-9-10-11-12-13-14-15-16-17-18-19-20-21-23(26)28-24(27)22-25/h9-10,25H,2-8,11-22H2,1H3/b10-9-. The number of aliphatic hydroxyl groups is 1. The predicted octanol–water partition coefficient (Wildman–Crippen LogP) is 6.65. The molecule has 4 nitrogen and oxygen atoms in total. The van der Waals surface area contributed by atoms with E-state index in [1.54, 1.807) is 0 Å². The summed E-state index contributed by atoms with van der Waals surface area (Å²) in [7, 11) is 0. The van der Waals surface area contributed by atoms with Gasteiger partial charge >= 0.3 is 11.9 Å². The van der Waals surface area contributed by atoms with Crippen molar-refractivity contribution in [3.63, 3.8) is 0 Å². The van der Waals surface area contributed by atoms with Gasteiger partial charge in [0.05, 0.1) is 0 Å². The van der Waals surface area contributed by atoms with Crippen LogP contribution in [0.2, 0.25) is 0 Å². The Hall–Kier alpha value is -1.16. The number of rotatable bonds is 20. The first kappa shape index (κ1) is 26.8. The van der Waals surface area contributed by atoms with Crippen LogP contribution in [0.1, 0.15) is 122 Å². The monoisotopic (exact) mass is 396 g/mol. The van der Waals surface area contributed by atoms with Crippen molar-refractivity contribution in [2.75, 3.05) is 6.61 Å². The van der Waals surface area contributed by atoms with Gasteiger partial charge in [-0.3, -0.25) is 4.79 Å². The van der Waals surface area contributed by atoms with E-state index in [4.69, 9.17) is 5.11 Å². The molecule has 4 heteroatoms. The van der Waals surface area contributed by atoms with Crippen LogP contribution in [0.4, 0.5) is 0 Å². The number of hydrogen-bond donors (Lipinski definition) is 1. The van der Waals surface area contributed by atoms with Crippen molar-refractivity contribution < 1.29 is 19.4 Å². The van der Waals surface area contributed by atoms with Gasteiger partial charge in [-0.2, -0.15) is 0 Å². The van der Waals surface area contributed by atoms with Crippen LogP contribution in [0.5, 0.6) is 0 Å². The molecule has 0 amide bonds. The van der Waals surface area contributed by atoms with Gasteiger partial charge in [-0.1, -0.05) is 96.1 Å². The number of hydrogen-bond acceptors (Lipinski definition) is 4. The highest BCUT2D eigenvalue weighted by Crippen LogP contribution is 2.12. The number of esters is 2. The molecule has 0 rings (SSSR count). The third-order valence-corrected chi connectivity index (χ3v) is 5.00. The molecule has 28 heavy (non-hydrogen) atoms. The number of aliphatic hydroxyl groups excluding tert-OH is 1. The molecule has 0 aromatic heterocycles. The highest BCUT2D eigenvalue weighted by atomic mass is 16.6. The lowest BCUT2D eigenvalue weighted by Gasteiger charge is -2.03. The molecule has 0 radical (unpaired) electrons. The first-order valence-corrected chi connectivity index (χ1v) is 11.7. The maximum absolute atomic E-state index is 11.2. The summed E-state index contributed by atoms with van der Waals surface area (Å²) >= 11 is 0. The highest BCUT2D eigenvalue weighted by Gasteiger charge is 2.08. The van der Waals surface area contributed by atoms with E-state index in [1.807, 2.05) is 0 Å². The molecule has 0 aromatic carbocycles. The van der Waals surface area contributed by atoms with Gasteiger partial charge in [0.1, 0.15) is 6.61 Å². The minimum Gasteiger partial charge on any atom is -0.391 e. The fourth-order valence-corrected chi connectivity index (χ4v) is 3.26. The summed E-state index contributed by atoms with van der Waals surface area (Å²) in [4.78, 5) is 22.0. The first-order valence-electron chi connectivity index (χ1n) is 11.7. The van der Waals surface area contributed by atoms with Gasteiger partial charge in [0.25, 0.3) is 0 Å². The van der Waals surface area contributed by atoms with Crippen LogP contribution in [0.3, 0.4) is 0 Å². The Morgan fingerprint density at radius 1 is 0.643 bits per heavy atom. The molecule has 0 bridgehead atoms. The summed E-state index contributed by atoms with van der Waals surface area (Å²) < 4.78 is 4.40.